The van der Waals surface area contributed by atoms with Crippen LogP contribution in [-0.2, 0) is 4.74 Å². The second-order valence-electron chi connectivity index (χ2n) is 5.25. The summed E-state index contributed by atoms with van der Waals surface area (Å²) in [4.78, 5) is 16.8. The van der Waals surface area contributed by atoms with Gasteiger partial charge in [0, 0.05) is 16.3 Å². The number of carbonyl (C=O) groups excluding carboxylic acids is 1. The molecule has 3 heterocycles. The molecule has 1 N–H and O–H groups in total. The molecular formula is C16H20N2O2S2. The summed E-state index contributed by atoms with van der Waals surface area (Å²) in [5.74, 6) is 0. The summed E-state index contributed by atoms with van der Waals surface area (Å²) in [6.07, 6.45) is 0.895. The molecule has 0 unspecified atom stereocenters. The van der Waals surface area contributed by atoms with Gasteiger partial charge in [0.25, 0.3) is 0 Å². The Hall–Kier alpha value is -1.37. The fourth-order valence-corrected chi connectivity index (χ4v) is 4.21. The lowest BCUT2D eigenvalue weighted by Gasteiger charge is -2.33. The minimum atomic E-state index is 0.00122. The van der Waals surface area contributed by atoms with Crippen molar-refractivity contribution in [2.75, 3.05) is 19.7 Å². The number of urea groups is 1. The Morgan fingerprint density at radius 1 is 1.41 bits per heavy atom. The number of rotatable bonds is 4. The quantitative estimate of drug-likeness (QED) is 0.915. The maximum atomic E-state index is 12.5. The smallest absolute Gasteiger partial charge is 0.318 e. The standard InChI is InChI=1S/C16H20N2O2S2/c1-2-12(14-5-3-9-21-14)17-16(19)18-7-8-20-13(11-18)15-6-4-10-22-15/h3-6,9-10,12-13H,2,7-8,11H2,1H3,(H,17,19)/t12-,13+/m0/s1. The van der Waals surface area contributed by atoms with E-state index in [0.717, 1.165) is 6.42 Å². The highest BCUT2D eigenvalue weighted by molar-refractivity contribution is 7.10. The van der Waals surface area contributed by atoms with Crippen molar-refractivity contribution in [3.63, 3.8) is 0 Å². The number of nitrogens with one attached hydrogen (secondary N) is 1. The number of nitrogens with zero attached hydrogens (tertiary/aromatic N) is 1. The molecule has 2 aromatic heterocycles. The highest BCUT2D eigenvalue weighted by Gasteiger charge is 2.27. The Bertz CT molecular complexity index is 583. The zero-order valence-electron chi connectivity index (χ0n) is 12.5. The lowest BCUT2D eigenvalue weighted by atomic mass is 10.2. The van der Waals surface area contributed by atoms with Crippen molar-refractivity contribution >= 4 is 28.7 Å². The molecule has 0 aromatic carbocycles. The Balaban J connectivity index is 1.62. The minimum absolute atomic E-state index is 0.00122. The van der Waals surface area contributed by atoms with Gasteiger partial charge < -0.3 is 15.0 Å². The molecule has 0 aliphatic carbocycles. The number of carbonyl (C=O) groups is 1. The molecule has 118 valence electrons. The summed E-state index contributed by atoms with van der Waals surface area (Å²) in [5, 5.41) is 7.24. The van der Waals surface area contributed by atoms with Crippen LogP contribution in [0.4, 0.5) is 4.79 Å². The molecule has 2 aromatic rings. The molecule has 22 heavy (non-hydrogen) atoms. The third kappa shape index (κ3) is 3.51. The number of ether oxygens (including phenoxy) is 1. The zero-order chi connectivity index (χ0) is 15.4. The van der Waals surface area contributed by atoms with Gasteiger partial charge in [-0.2, -0.15) is 0 Å². The van der Waals surface area contributed by atoms with Gasteiger partial charge in [0.05, 0.1) is 19.2 Å². The molecule has 4 nitrogen and oxygen atoms in total. The van der Waals surface area contributed by atoms with Crippen molar-refractivity contribution in [2.45, 2.75) is 25.5 Å². The van der Waals surface area contributed by atoms with Gasteiger partial charge in [0.2, 0.25) is 0 Å². The van der Waals surface area contributed by atoms with Crippen LogP contribution < -0.4 is 5.32 Å². The van der Waals surface area contributed by atoms with Crippen LogP contribution in [0, 0.1) is 0 Å². The maximum absolute atomic E-state index is 12.5. The van der Waals surface area contributed by atoms with Crippen LogP contribution in [0.3, 0.4) is 0 Å². The number of hydrogen-bond acceptors (Lipinski definition) is 4. The Labute approximate surface area is 138 Å². The second-order valence-corrected chi connectivity index (χ2v) is 7.21. The fraction of sp³-hybridized carbons (Fsp3) is 0.438. The van der Waals surface area contributed by atoms with Gasteiger partial charge >= 0.3 is 6.03 Å². The monoisotopic (exact) mass is 336 g/mol. The molecular weight excluding hydrogens is 316 g/mol. The average molecular weight is 336 g/mol. The second kappa shape index (κ2) is 7.26. The summed E-state index contributed by atoms with van der Waals surface area (Å²) in [6.45, 7) is 3.95. The van der Waals surface area contributed by atoms with Gasteiger partial charge in [-0.25, -0.2) is 4.79 Å². The van der Waals surface area contributed by atoms with E-state index in [1.54, 1.807) is 22.7 Å². The number of morpholine rings is 1. The lowest BCUT2D eigenvalue weighted by molar-refractivity contribution is -0.0139. The Kier molecular flexibility index (Phi) is 5.12. The van der Waals surface area contributed by atoms with E-state index in [9.17, 15) is 4.79 Å². The first-order valence-electron chi connectivity index (χ1n) is 7.51. The molecule has 0 spiro atoms. The number of hydrogen-bond donors (Lipinski definition) is 1. The largest absolute Gasteiger partial charge is 0.369 e. The molecule has 6 heteroatoms. The normalized spacial score (nSPS) is 19.9. The van der Waals surface area contributed by atoms with E-state index in [1.165, 1.54) is 9.75 Å². The molecule has 0 bridgehead atoms. The van der Waals surface area contributed by atoms with Gasteiger partial charge in [-0.05, 0) is 29.3 Å². The van der Waals surface area contributed by atoms with Gasteiger partial charge in [-0.1, -0.05) is 19.1 Å². The maximum Gasteiger partial charge on any atom is 0.318 e. The summed E-state index contributed by atoms with van der Waals surface area (Å²) in [6, 6.07) is 8.29. The van der Waals surface area contributed by atoms with Gasteiger partial charge in [-0.3, -0.25) is 0 Å². The van der Waals surface area contributed by atoms with Crippen molar-refractivity contribution in [2.24, 2.45) is 0 Å². The summed E-state index contributed by atoms with van der Waals surface area (Å²) in [5.41, 5.74) is 0. The van der Waals surface area contributed by atoms with E-state index in [0.29, 0.717) is 19.7 Å². The first-order chi connectivity index (χ1) is 10.8. The van der Waals surface area contributed by atoms with E-state index in [1.807, 2.05) is 27.8 Å². The zero-order valence-corrected chi connectivity index (χ0v) is 14.2. The van der Waals surface area contributed by atoms with E-state index in [2.05, 4.69) is 24.4 Å². The number of amides is 2. The van der Waals surface area contributed by atoms with Crippen molar-refractivity contribution in [1.82, 2.24) is 10.2 Å². The molecule has 1 aliphatic heterocycles. The predicted octanol–water partition coefficient (Wildman–Crippen LogP) is 4.04. The van der Waals surface area contributed by atoms with Gasteiger partial charge in [0.15, 0.2) is 0 Å². The number of thiophene rings is 2. The average Bonchev–Trinajstić information content (AvgIpc) is 3.25. The molecule has 3 rings (SSSR count). The van der Waals surface area contributed by atoms with E-state index < -0.39 is 0 Å². The highest BCUT2D eigenvalue weighted by atomic mass is 32.1. The van der Waals surface area contributed by atoms with E-state index >= 15 is 0 Å². The van der Waals surface area contributed by atoms with Crippen LogP contribution in [-0.4, -0.2) is 30.6 Å². The molecule has 1 fully saturated rings. The topological polar surface area (TPSA) is 41.6 Å². The van der Waals surface area contributed by atoms with Crippen LogP contribution in [0.2, 0.25) is 0 Å². The molecule has 0 radical (unpaired) electrons. The Morgan fingerprint density at radius 3 is 2.91 bits per heavy atom. The summed E-state index contributed by atoms with van der Waals surface area (Å²) >= 11 is 3.36. The summed E-state index contributed by atoms with van der Waals surface area (Å²) < 4.78 is 5.80. The van der Waals surface area contributed by atoms with Gasteiger partial charge in [-0.15, -0.1) is 22.7 Å². The van der Waals surface area contributed by atoms with Crippen molar-refractivity contribution in [3.8, 4) is 0 Å². The molecule has 0 saturated carbocycles. The van der Waals surface area contributed by atoms with Gasteiger partial charge in [0.1, 0.15) is 6.10 Å². The van der Waals surface area contributed by atoms with Crippen molar-refractivity contribution < 1.29 is 9.53 Å². The summed E-state index contributed by atoms with van der Waals surface area (Å²) in [7, 11) is 0. The predicted molar refractivity (Wildman–Crippen MR) is 90.5 cm³/mol. The molecule has 2 atom stereocenters. The fourth-order valence-electron chi connectivity index (χ4n) is 2.58. The van der Waals surface area contributed by atoms with Crippen LogP contribution in [0.5, 0.6) is 0 Å². The third-order valence-electron chi connectivity index (χ3n) is 3.81. The van der Waals surface area contributed by atoms with E-state index in [-0.39, 0.29) is 18.2 Å². The molecule has 2 amide bonds. The van der Waals surface area contributed by atoms with Crippen LogP contribution in [0.15, 0.2) is 35.0 Å². The minimum Gasteiger partial charge on any atom is -0.369 e. The first kappa shape index (κ1) is 15.5. The van der Waals surface area contributed by atoms with Crippen molar-refractivity contribution in [1.29, 1.82) is 0 Å². The van der Waals surface area contributed by atoms with E-state index in [4.69, 9.17) is 4.74 Å². The van der Waals surface area contributed by atoms with Crippen molar-refractivity contribution in [3.05, 3.63) is 44.8 Å². The van der Waals surface area contributed by atoms with Crippen LogP contribution >= 0.6 is 22.7 Å². The third-order valence-corrected chi connectivity index (χ3v) is 5.76. The van der Waals surface area contributed by atoms with Crippen LogP contribution in [0.25, 0.3) is 0 Å². The SMILES string of the molecule is CC[C@H](NC(=O)N1CCO[C@@H](c2cccs2)C1)c1cccs1. The lowest BCUT2D eigenvalue weighted by Crippen LogP contribution is -2.47. The van der Waals surface area contributed by atoms with Crippen LogP contribution in [0.1, 0.15) is 35.2 Å². The Morgan fingerprint density at radius 2 is 2.23 bits per heavy atom. The molecule has 1 saturated heterocycles. The highest BCUT2D eigenvalue weighted by Crippen LogP contribution is 2.27. The molecule has 1 aliphatic rings. The first-order valence-corrected chi connectivity index (χ1v) is 9.27.